The van der Waals surface area contributed by atoms with E-state index >= 15 is 0 Å². The Morgan fingerprint density at radius 3 is 2.43 bits per heavy atom. The third-order valence-corrected chi connectivity index (χ3v) is 3.16. The molecule has 21 heavy (non-hydrogen) atoms. The fraction of sp³-hybridized carbons (Fsp3) is 0.0625. The van der Waals surface area contributed by atoms with Crippen molar-refractivity contribution in [3.63, 3.8) is 0 Å². The standard InChI is InChI=1S/C16H16N4O/c17-9-15(20-19)16(18)13-6-4-12(5-7-13)14-3-1-2-11(8-14)10-21/h1-8,20-21H,10,18-19H2/b16-15-. The Kier molecular flexibility index (Phi) is 4.57. The molecule has 0 amide bonds. The lowest BCUT2D eigenvalue weighted by Gasteiger charge is -2.08. The monoisotopic (exact) mass is 280 g/mol. The van der Waals surface area contributed by atoms with Gasteiger partial charge < -0.3 is 16.3 Å². The molecule has 0 aliphatic heterocycles. The fourth-order valence-electron chi connectivity index (χ4n) is 2.01. The van der Waals surface area contributed by atoms with Crippen LogP contribution in [-0.2, 0) is 6.61 Å². The van der Waals surface area contributed by atoms with Crippen molar-refractivity contribution in [2.75, 3.05) is 0 Å². The van der Waals surface area contributed by atoms with Gasteiger partial charge in [0.05, 0.1) is 12.3 Å². The Morgan fingerprint density at radius 1 is 1.14 bits per heavy atom. The van der Waals surface area contributed by atoms with E-state index in [4.69, 9.17) is 21.9 Å². The summed E-state index contributed by atoms with van der Waals surface area (Å²) in [7, 11) is 0. The van der Waals surface area contributed by atoms with E-state index in [1.807, 2.05) is 54.6 Å². The number of nitrogens with one attached hydrogen (secondary N) is 1. The Balaban J connectivity index is 2.35. The maximum Gasteiger partial charge on any atom is 0.151 e. The number of nitrogens with two attached hydrogens (primary N) is 2. The molecule has 0 unspecified atom stereocenters. The minimum Gasteiger partial charge on any atom is -0.396 e. The van der Waals surface area contributed by atoms with Gasteiger partial charge in [-0.05, 0) is 22.8 Å². The molecule has 0 atom stereocenters. The minimum absolute atomic E-state index is 0.00923. The second-order valence-electron chi connectivity index (χ2n) is 4.48. The number of hydrogen-bond acceptors (Lipinski definition) is 5. The molecule has 2 aromatic rings. The SMILES string of the molecule is N#C/C(NN)=C(/N)c1ccc(-c2cccc(CO)c2)cc1. The molecule has 0 aliphatic rings. The molecule has 0 bridgehead atoms. The smallest absolute Gasteiger partial charge is 0.151 e. The van der Waals surface area contributed by atoms with Gasteiger partial charge in [-0.1, -0.05) is 42.5 Å². The lowest BCUT2D eigenvalue weighted by molar-refractivity contribution is 0.282. The van der Waals surface area contributed by atoms with E-state index in [9.17, 15) is 0 Å². The zero-order chi connectivity index (χ0) is 15.2. The van der Waals surface area contributed by atoms with E-state index in [-0.39, 0.29) is 12.3 Å². The van der Waals surface area contributed by atoms with Crippen LogP contribution < -0.4 is 17.0 Å². The van der Waals surface area contributed by atoms with E-state index in [1.54, 1.807) is 0 Å². The molecule has 0 radical (unpaired) electrons. The molecule has 0 heterocycles. The van der Waals surface area contributed by atoms with Gasteiger partial charge in [0.15, 0.2) is 5.70 Å². The summed E-state index contributed by atoms with van der Waals surface area (Å²) in [5.41, 5.74) is 12.2. The van der Waals surface area contributed by atoms with Crippen molar-refractivity contribution in [1.29, 1.82) is 5.26 Å². The van der Waals surface area contributed by atoms with Gasteiger partial charge in [0.2, 0.25) is 0 Å². The van der Waals surface area contributed by atoms with Crippen molar-refractivity contribution < 1.29 is 5.11 Å². The topological polar surface area (TPSA) is 108 Å². The highest BCUT2D eigenvalue weighted by atomic mass is 16.3. The largest absolute Gasteiger partial charge is 0.396 e. The molecule has 106 valence electrons. The van der Waals surface area contributed by atoms with Crippen LogP contribution in [0, 0.1) is 11.3 Å². The molecular weight excluding hydrogens is 264 g/mol. The normalized spacial score (nSPS) is 11.5. The number of nitrogens with zero attached hydrogens (tertiary/aromatic N) is 1. The molecule has 2 aromatic carbocycles. The Hall–Kier alpha value is -2.81. The van der Waals surface area contributed by atoms with Crippen LogP contribution in [0.25, 0.3) is 16.8 Å². The molecule has 0 spiro atoms. The van der Waals surface area contributed by atoms with Crippen LogP contribution in [0.4, 0.5) is 0 Å². The quantitative estimate of drug-likeness (QED) is 0.385. The summed E-state index contributed by atoms with van der Waals surface area (Å²) in [6.45, 7) is 0.00923. The summed E-state index contributed by atoms with van der Waals surface area (Å²) < 4.78 is 0. The average Bonchev–Trinajstić information content (AvgIpc) is 2.56. The predicted octanol–water partition coefficient (Wildman–Crippen LogP) is 1.46. The summed E-state index contributed by atoms with van der Waals surface area (Å²) in [5, 5.41) is 18.1. The van der Waals surface area contributed by atoms with Crippen molar-refractivity contribution in [2.45, 2.75) is 6.61 Å². The second kappa shape index (κ2) is 6.57. The predicted molar refractivity (Wildman–Crippen MR) is 81.8 cm³/mol. The van der Waals surface area contributed by atoms with E-state index in [0.717, 1.165) is 16.7 Å². The molecule has 0 fully saturated rings. The fourth-order valence-corrected chi connectivity index (χ4v) is 2.01. The summed E-state index contributed by atoms with van der Waals surface area (Å²) in [6, 6.07) is 17.0. The van der Waals surface area contributed by atoms with Gasteiger partial charge >= 0.3 is 0 Å². The van der Waals surface area contributed by atoms with Gasteiger partial charge in [0, 0.05) is 5.56 Å². The van der Waals surface area contributed by atoms with Gasteiger partial charge in [-0.2, -0.15) is 5.26 Å². The first kappa shape index (κ1) is 14.6. The van der Waals surface area contributed by atoms with Crippen LogP contribution in [0.15, 0.2) is 54.2 Å². The molecule has 0 saturated heterocycles. The number of benzene rings is 2. The van der Waals surface area contributed by atoms with Crippen molar-refractivity contribution in [3.05, 3.63) is 65.4 Å². The summed E-state index contributed by atoms with van der Waals surface area (Å²) in [4.78, 5) is 0. The summed E-state index contributed by atoms with van der Waals surface area (Å²) in [5.74, 6) is 5.24. The average molecular weight is 280 g/mol. The lowest BCUT2D eigenvalue weighted by atomic mass is 10.0. The number of hydrogen-bond donors (Lipinski definition) is 4. The van der Waals surface area contributed by atoms with E-state index in [2.05, 4.69) is 5.43 Å². The zero-order valence-corrected chi connectivity index (χ0v) is 11.4. The van der Waals surface area contributed by atoms with Gasteiger partial charge in [-0.3, -0.25) is 0 Å². The number of hydrazine groups is 1. The zero-order valence-electron chi connectivity index (χ0n) is 11.4. The van der Waals surface area contributed by atoms with Crippen LogP contribution in [0.5, 0.6) is 0 Å². The van der Waals surface area contributed by atoms with Crippen LogP contribution >= 0.6 is 0 Å². The van der Waals surface area contributed by atoms with Gasteiger partial charge in [0.1, 0.15) is 6.07 Å². The Labute approximate surface area is 123 Å². The molecule has 0 aromatic heterocycles. The minimum atomic E-state index is 0.00923. The van der Waals surface area contributed by atoms with Crippen LogP contribution in [-0.4, -0.2) is 5.11 Å². The third-order valence-electron chi connectivity index (χ3n) is 3.16. The maximum atomic E-state index is 9.17. The lowest BCUT2D eigenvalue weighted by Crippen LogP contribution is -2.23. The number of nitriles is 1. The first-order valence-corrected chi connectivity index (χ1v) is 6.36. The summed E-state index contributed by atoms with van der Waals surface area (Å²) in [6.07, 6.45) is 0. The summed E-state index contributed by atoms with van der Waals surface area (Å²) >= 11 is 0. The van der Waals surface area contributed by atoms with E-state index in [1.165, 1.54) is 0 Å². The van der Waals surface area contributed by atoms with Gasteiger partial charge in [-0.15, -0.1) is 0 Å². The first-order valence-electron chi connectivity index (χ1n) is 6.36. The number of allylic oxidation sites excluding steroid dienone is 1. The second-order valence-corrected chi connectivity index (χ2v) is 4.48. The Morgan fingerprint density at radius 2 is 1.86 bits per heavy atom. The van der Waals surface area contributed by atoms with Gasteiger partial charge in [-0.25, -0.2) is 5.84 Å². The van der Waals surface area contributed by atoms with Crippen molar-refractivity contribution >= 4 is 5.70 Å². The molecule has 5 nitrogen and oxygen atoms in total. The number of rotatable bonds is 4. The van der Waals surface area contributed by atoms with E-state index in [0.29, 0.717) is 11.3 Å². The number of aliphatic hydroxyl groups is 1. The third kappa shape index (κ3) is 3.20. The molecule has 0 aliphatic carbocycles. The Bertz CT molecular complexity index is 699. The molecule has 2 rings (SSSR count). The number of aliphatic hydroxyl groups excluding tert-OH is 1. The maximum absolute atomic E-state index is 9.17. The van der Waals surface area contributed by atoms with Crippen LogP contribution in [0.3, 0.4) is 0 Å². The molecule has 0 saturated carbocycles. The van der Waals surface area contributed by atoms with Crippen molar-refractivity contribution in [3.8, 4) is 17.2 Å². The van der Waals surface area contributed by atoms with Crippen LogP contribution in [0.1, 0.15) is 11.1 Å². The van der Waals surface area contributed by atoms with Gasteiger partial charge in [0.25, 0.3) is 0 Å². The highest BCUT2D eigenvalue weighted by molar-refractivity contribution is 5.72. The van der Waals surface area contributed by atoms with Crippen molar-refractivity contribution in [2.24, 2.45) is 11.6 Å². The van der Waals surface area contributed by atoms with Crippen molar-refractivity contribution in [1.82, 2.24) is 5.43 Å². The van der Waals surface area contributed by atoms with Crippen LogP contribution in [0.2, 0.25) is 0 Å². The first-order chi connectivity index (χ1) is 10.2. The highest BCUT2D eigenvalue weighted by Gasteiger charge is 2.05. The highest BCUT2D eigenvalue weighted by Crippen LogP contribution is 2.22. The molecule has 5 heteroatoms. The molecule has 6 N–H and O–H groups in total. The molecular formula is C16H16N4O. The van der Waals surface area contributed by atoms with E-state index < -0.39 is 0 Å².